The summed E-state index contributed by atoms with van der Waals surface area (Å²) in [6, 6.07) is 24.9. The zero-order valence-electron chi connectivity index (χ0n) is 17.7. The van der Waals surface area contributed by atoms with Crippen LogP contribution in [0.1, 0.15) is 63.9 Å². The topological polar surface area (TPSA) is 20.2 Å². The second kappa shape index (κ2) is 11.5. The van der Waals surface area contributed by atoms with Crippen LogP contribution in [0.3, 0.4) is 0 Å². The zero-order valence-corrected chi connectivity index (χ0v) is 17.7. The molecule has 152 valence electrons. The molecule has 0 spiro atoms. The summed E-state index contributed by atoms with van der Waals surface area (Å²) >= 11 is 0. The molecule has 0 aliphatic rings. The van der Waals surface area contributed by atoms with E-state index in [1.165, 1.54) is 74.5 Å². The standard InChI is InChI=1S/C28H34O/c1-2-3-4-5-6-7-8-9-12-23-15-17-24(18-16-23)25-19-21-26(22-20-25)27-13-10-11-14-28(27)29/h10-11,13-22,29H,2-9,12H2,1H3. The zero-order chi connectivity index (χ0) is 20.3. The van der Waals surface area contributed by atoms with Gasteiger partial charge in [-0.1, -0.05) is 119 Å². The van der Waals surface area contributed by atoms with Crippen molar-refractivity contribution in [2.75, 3.05) is 0 Å². The molecule has 3 rings (SSSR count). The maximum absolute atomic E-state index is 10.0. The average Bonchev–Trinajstić information content (AvgIpc) is 2.77. The van der Waals surface area contributed by atoms with Crippen LogP contribution >= 0.6 is 0 Å². The van der Waals surface area contributed by atoms with E-state index in [2.05, 4.69) is 55.5 Å². The number of aromatic hydroxyl groups is 1. The lowest BCUT2D eigenvalue weighted by molar-refractivity contribution is 0.477. The highest BCUT2D eigenvalue weighted by Gasteiger charge is 2.04. The van der Waals surface area contributed by atoms with Crippen LogP contribution in [0.15, 0.2) is 72.8 Å². The second-order valence-electron chi connectivity index (χ2n) is 8.02. The summed E-state index contributed by atoms with van der Waals surface area (Å²) in [5, 5.41) is 10.0. The summed E-state index contributed by atoms with van der Waals surface area (Å²) < 4.78 is 0. The highest BCUT2D eigenvalue weighted by atomic mass is 16.3. The van der Waals surface area contributed by atoms with Crippen LogP contribution in [0.25, 0.3) is 22.3 Å². The third kappa shape index (κ3) is 6.49. The molecule has 1 N–H and O–H groups in total. The number of unbranched alkanes of at least 4 members (excludes halogenated alkanes) is 7. The molecule has 0 amide bonds. The van der Waals surface area contributed by atoms with Gasteiger partial charge in [-0.05, 0) is 41.2 Å². The lowest BCUT2D eigenvalue weighted by Gasteiger charge is -2.08. The predicted molar refractivity (Wildman–Crippen MR) is 125 cm³/mol. The van der Waals surface area contributed by atoms with Crippen LogP contribution < -0.4 is 0 Å². The number of hydrogen-bond donors (Lipinski definition) is 1. The monoisotopic (exact) mass is 386 g/mol. The summed E-state index contributed by atoms with van der Waals surface area (Å²) in [6.45, 7) is 2.27. The van der Waals surface area contributed by atoms with Crippen molar-refractivity contribution in [2.24, 2.45) is 0 Å². The van der Waals surface area contributed by atoms with E-state index in [1.54, 1.807) is 6.07 Å². The maximum atomic E-state index is 10.0. The first-order chi connectivity index (χ1) is 14.3. The van der Waals surface area contributed by atoms with Gasteiger partial charge in [-0.2, -0.15) is 0 Å². The smallest absolute Gasteiger partial charge is 0.123 e. The first-order valence-electron chi connectivity index (χ1n) is 11.3. The van der Waals surface area contributed by atoms with E-state index < -0.39 is 0 Å². The summed E-state index contributed by atoms with van der Waals surface area (Å²) in [5.41, 5.74) is 5.81. The predicted octanol–water partition coefficient (Wildman–Crippen LogP) is 8.41. The van der Waals surface area contributed by atoms with Crippen LogP contribution in [0.4, 0.5) is 0 Å². The molecular formula is C28H34O. The fourth-order valence-corrected chi connectivity index (χ4v) is 3.89. The first-order valence-corrected chi connectivity index (χ1v) is 11.3. The Labute approximate surface area is 176 Å². The first kappa shape index (κ1) is 21.2. The van der Waals surface area contributed by atoms with Crippen molar-refractivity contribution in [1.29, 1.82) is 0 Å². The number of para-hydroxylation sites is 1. The van der Waals surface area contributed by atoms with Crippen molar-refractivity contribution in [2.45, 2.75) is 64.7 Å². The molecule has 0 aliphatic heterocycles. The van der Waals surface area contributed by atoms with Gasteiger partial charge in [0, 0.05) is 5.56 Å². The molecule has 1 heteroatoms. The molecule has 3 aromatic rings. The molecule has 0 fully saturated rings. The van der Waals surface area contributed by atoms with Gasteiger partial charge in [-0.15, -0.1) is 0 Å². The highest BCUT2D eigenvalue weighted by Crippen LogP contribution is 2.30. The molecule has 1 nitrogen and oxygen atoms in total. The molecule has 0 atom stereocenters. The van der Waals surface area contributed by atoms with E-state index >= 15 is 0 Å². The van der Waals surface area contributed by atoms with Crippen molar-refractivity contribution in [3.05, 3.63) is 78.4 Å². The van der Waals surface area contributed by atoms with Crippen molar-refractivity contribution < 1.29 is 5.11 Å². The highest BCUT2D eigenvalue weighted by molar-refractivity contribution is 5.73. The summed E-state index contributed by atoms with van der Waals surface area (Å²) in [7, 11) is 0. The lowest BCUT2D eigenvalue weighted by Crippen LogP contribution is -1.87. The van der Waals surface area contributed by atoms with Gasteiger partial charge < -0.3 is 5.11 Å². The summed E-state index contributed by atoms with van der Waals surface area (Å²) in [4.78, 5) is 0. The van der Waals surface area contributed by atoms with Gasteiger partial charge in [-0.25, -0.2) is 0 Å². The van der Waals surface area contributed by atoms with Gasteiger partial charge in [0.25, 0.3) is 0 Å². The largest absolute Gasteiger partial charge is 0.507 e. The Morgan fingerprint density at radius 3 is 1.69 bits per heavy atom. The number of aryl methyl sites for hydroxylation is 1. The van der Waals surface area contributed by atoms with Gasteiger partial charge in [-0.3, -0.25) is 0 Å². The quantitative estimate of drug-likeness (QED) is 0.328. The minimum Gasteiger partial charge on any atom is -0.507 e. The number of phenols is 1. The van der Waals surface area contributed by atoms with E-state index in [0.717, 1.165) is 11.1 Å². The van der Waals surface area contributed by atoms with Gasteiger partial charge in [0.15, 0.2) is 0 Å². The molecule has 0 radical (unpaired) electrons. The van der Waals surface area contributed by atoms with E-state index in [1.807, 2.05) is 18.2 Å². The Bertz CT molecular complexity index is 846. The van der Waals surface area contributed by atoms with E-state index in [9.17, 15) is 5.11 Å². The Morgan fingerprint density at radius 2 is 1.07 bits per heavy atom. The minimum absolute atomic E-state index is 0.325. The van der Waals surface area contributed by atoms with Crippen LogP contribution in [-0.4, -0.2) is 5.11 Å². The second-order valence-corrected chi connectivity index (χ2v) is 8.02. The van der Waals surface area contributed by atoms with Crippen molar-refractivity contribution >= 4 is 0 Å². The molecule has 0 aliphatic carbocycles. The van der Waals surface area contributed by atoms with Crippen LogP contribution in [-0.2, 0) is 6.42 Å². The van der Waals surface area contributed by atoms with E-state index in [0.29, 0.717) is 5.75 Å². The van der Waals surface area contributed by atoms with Gasteiger partial charge in [0.2, 0.25) is 0 Å². The van der Waals surface area contributed by atoms with Gasteiger partial charge >= 0.3 is 0 Å². The number of hydrogen-bond acceptors (Lipinski definition) is 1. The van der Waals surface area contributed by atoms with Crippen LogP contribution in [0.2, 0.25) is 0 Å². The summed E-state index contributed by atoms with van der Waals surface area (Å²) in [6.07, 6.45) is 12.1. The Hall–Kier alpha value is -2.54. The Kier molecular flexibility index (Phi) is 8.37. The lowest BCUT2D eigenvalue weighted by atomic mass is 9.98. The van der Waals surface area contributed by atoms with E-state index in [4.69, 9.17) is 0 Å². The van der Waals surface area contributed by atoms with E-state index in [-0.39, 0.29) is 0 Å². The number of benzene rings is 3. The van der Waals surface area contributed by atoms with Gasteiger partial charge in [0.1, 0.15) is 5.75 Å². The SMILES string of the molecule is CCCCCCCCCCc1ccc(-c2ccc(-c3ccccc3O)cc2)cc1. The molecular weight excluding hydrogens is 352 g/mol. The molecule has 0 saturated heterocycles. The normalized spacial score (nSPS) is 10.9. The average molecular weight is 387 g/mol. The van der Waals surface area contributed by atoms with Gasteiger partial charge in [0.05, 0.1) is 0 Å². The fraction of sp³-hybridized carbons (Fsp3) is 0.357. The van der Waals surface area contributed by atoms with Crippen molar-refractivity contribution in [3.8, 4) is 28.0 Å². The molecule has 0 saturated carbocycles. The molecule has 0 bridgehead atoms. The third-order valence-electron chi connectivity index (χ3n) is 5.71. The minimum atomic E-state index is 0.325. The van der Waals surface area contributed by atoms with Crippen LogP contribution in [0.5, 0.6) is 5.75 Å². The Balaban J connectivity index is 1.48. The third-order valence-corrected chi connectivity index (χ3v) is 5.71. The molecule has 3 aromatic carbocycles. The molecule has 29 heavy (non-hydrogen) atoms. The Morgan fingerprint density at radius 1 is 0.552 bits per heavy atom. The molecule has 0 unspecified atom stereocenters. The fourth-order valence-electron chi connectivity index (χ4n) is 3.89. The maximum Gasteiger partial charge on any atom is 0.123 e. The van der Waals surface area contributed by atoms with Crippen molar-refractivity contribution in [3.63, 3.8) is 0 Å². The van der Waals surface area contributed by atoms with Crippen LogP contribution in [0, 0.1) is 0 Å². The molecule has 0 aromatic heterocycles. The number of rotatable bonds is 11. The molecule has 0 heterocycles. The number of phenolic OH excluding ortho intramolecular Hbond substituents is 1. The summed E-state index contributed by atoms with van der Waals surface area (Å²) in [5.74, 6) is 0.325. The van der Waals surface area contributed by atoms with Crippen molar-refractivity contribution in [1.82, 2.24) is 0 Å².